The van der Waals surface area contributed by atoms with Gasteiger partial charge >= 0.3 is 5.97 Å². The first-order chi connectivity index (χ1) is 13.6. The second-order valence-electron chi connectivity index (χ2n) is 6.74. The molecule has 0 aliphatic carbocycles. The number of aryl methyl sites for hydroxylation is 1. The third-order valence-electron chi connectivity index (χ3n) is 4.59. The number of furan rings is 1. The molecule has 144 valence electrons. The van der Waals surface area contributed by atoms with E-state index in [1.165, 1.54) is 0 Å². The van der Waals surface area contributed by atoms with Crippen molar-refractivity contribution in [2.24, 2.45) is 5.92 Å². The van der Waals surface area contributed by atoms with Crippen LogP contribution in [0, 0.1) is 12.8 Å². The Morgan fingerprint density at radius 2 is 2.11 bits per heavy atom. The zero-order valence-electron chi connectivity index (χ0n) is 15.3. The van der Waals surface area contributed by atoms with E-state index in [0.29, 0.717) is 24.7 Å². The number of benzene rings is 1. The van der Waals surface area contributed by atoms with Crippen LogP contribution in [0.4, 0.5) is 0 Å². The Morgan fingerprint density at radius 3 is 2.86 bits per heavy atom. The molecule has 1 aromatic carbocycles. The largest absolute Gasteiger partial charge is 0.467 e. The smallest absolute Gasteiger partial charge is 0.311 e. The molecule has 8 nitrogen and oxygen atoms in total. The molecule has 0 saturated carbocycles. The fourth-order valence-electron chi connectivity index (χ4n) is 3.06. The number of hydrogen-bond donors (Lipinski definition) is 0. The predicted molar refractivity (Wildman–Crippen MR) is 96.5 cm³/mol. The molecule has 0 bridgehead atoms. The lowest BCUT2D eigenvalue weighted by Gasteiger charge is -2.14. The Labute approximate surface area is 161 Å². The number of hydrogen-bond acceptors (Lipinski definition) is 7. The van der Waals surface area contributed by atoms with Gasteiger partial charge in [0.05, 0.1) is 18.7 Å². The molecule has 1 aliphatic rings. The summed E-state index contributed by atoms with van der Waals surface area (Å²) in [4.78, 5) is 30.3. The second kappa shape index (κ2) is 7.67. The van der Waals surface area contributed by atoms with Gasteiger partial charge in [0.2, 0.25) is 11.7 Å². The standard InChI is InChI=1S/C20H19N3O5/c1-13-4-6-14(7-5-13)19-21-17(28-22-19)12-27-20(25)15-9-18(24)23(10-15)11-16-3-2-8-26-16/h2-8,15H,9-12H2,1H3/t15-/m1/s1. The van der Waals surface area contributed by atoms with Crippen LogP contribution in [0.1, 0.15) is 23.6 Å². The maximum absolute atomic E-state index is 12.3. The van der Waals surface area contributed by atoms with Gasteiger partial charge in [-0.25, -0.2) is 0 Å². The minimum Gasteiger partial charge on any atom is -0.467 e. The summed E-state index contributed by atoms with van der Waals surface area (Å²) in [6.45, 7) is 2.52. The van der Waals surface area contributed by atoms with Crippen LogP contribution in [-0.4, -0.2) is 33.5 Å². The Balaban J connectivity index is 1.31. The summed E-state index contributed by atoms with van der Waals surface area (Å²) in [6, 6.07) is 11.3. The van der Waals surface area contributed by atoms with Crippen LogP contribution in [0.3, 0.4) is 0 Å². The lowest BCUT2D eigenvalue weighted by molar-refractivity contribution is -0.150. The number of ether oxygens (including phenoxy) is 1. The van der Waals surface area contributed by atoms with E-state index in [1.54, 1.807) is 23.3 Å². The van der Waals surface area contributed by atoms with Gasteiger partial charge in [-0.2, -0.15) is 4.98 Å². The van der Waals surface area contributed by atoms with Gasteiger partial charge in [-0.05, 0) is 19.1 Å². The third-order valence-corrected chi connectivity index (χ3v) is 4.59. The molecule has 1 fully saturated rings. The first-order valence-electron chi connectivity index (χ1n) is 8.95. The molecule has 0 spiro atoms. The van der Waals surface area contributed by atoms with Gasteiger partial charge in [0, 0.05) is 18.5 Å². The lowest BCUT2D eigenvalue weighted by atomic mass is 10.1. The molecule has 3 heterocycles. The Hall–Kier alpha value is -3.42. The number of aromatic nitrogens is 2. The summed E-state index contributed by atoms with van der Waals surface area (Å²) in [7, 11) is 0. The highest BCUT2D eigenvalue weighted by Crippen LogP contribution is 2.22. The monoisotopic (exact) mass is 381 g/mol. The fraction of sp³-hybridized carbons (Fsp3) is 0.300. The molecule has 0 unspecified atom stereocenters. The van der Waals surface area contributed by atoms with E-state index in [-0.39, 0.29) is 24.8 Å². The second-order valence-corrected chi connectivity index (χ2v) is 6.74. The average Bonchev–Trinajstić information content (AvgIpc) is 3.43. The molecular weight excluding hydrogens is 362 g/mol. The summed E-state index contributed by atoms with van der Waals surface area (Å²) < 4.78 is 15.7. The molecule has 28 heavy (non-hydrogen) atoms. The topological polar surface area (TPSA) is 98.7 Å². The van der Waals surface area contributed by atoms with Gasteiger partial charge in [0.15, 0.2) is 6.61 Å². The molecule has 8 heteroatoms. The van der Waals surface area contributed by atoms with E-state index >= 15 is 0 Å². The molecule has 3 aromatic rings. The van der Waals surface area contributed by atoms with E-state index in [0.717, 1.165) is 11.1 Å². The summed E-state index contributed by atoms with van der Waals surface area (Å²) in [5.41, 5.74) is 1.95. The zero-order valence-corrected chi connectivity index (χ0v) is 15.3. The minimum absolute atomic E-state index is 0.0993. The van der Waals surface area contributed by atoms with Crippen molar-refractivity contribution < 1.29 is 23.3 Å². The first kappa shape index (κ1) is 18.0. The highest BCUT2D eigenvalue weighted by atomic mass is 16.6. The Bertz CT molecular complexity index is 962. The maximum Gasteiger partial charge on any atom is 0.311 e. The number of nitrogens with zero attached hydrogens (tertiary/aromatic N) is 3. The molecule has 0 radical (unpaired) electrons. The molecule has 1 aliphatic heterocycles. The van der Waals surface area contributed by atoms with Crippen molar-refractivity contribution in [2.75, 3.05) is 6.54 Å². The van der Waals surface area contributed by atoms with Crippen LogP contribution < -0.4 is 0 Å². The third kappa shape index (κ3) is 3.95. The lowest BCUT2D eigenvalue weighted by Crippen LogP contribution is -2.26. The number of carbonyl (C=O) groups is 2. The molecular formula is C20H19N3O5. The zero-order chi connectivity index (χ0) is 19.5. The van der Waals surface area contributed by atoms with Crippen molar-refractivity contribution in [1.29, 1.82) is 0 Å². The number of esters is 1. The quantitative estimate of drug-likeness (QED) is 0.605. The highest BCUT2D eigenvalue weighted by Gasteiger charge is 2.35. The normalized spacial score (nSPS) is 16.5. The van der Waals surface area contributed by atoms with E-state index in [4.69, 9.17) is 13.7 Å². The molecule has 1 saturated heterocycles. The van der Waals surface area contributed by atoms with Crippen LogP contribution in [0.5, 0.6) is 0 Å². The Kier molecular flexibility index (Phi) is 4.92. The fourth-order valence-corrected chi connectivity index (χ4v) is 3.06. The SMILES string of the molecule is Cc1ccc(-c2noc(COC(=O)[C@@H]3CC(=O)N(Cc4ccco4)C3)n2)cc1. The van der Waals surface area contributed by atoms with E-state index in [9.17, 15) is 9.59 Å². The van der Waals surface area contributed by atoms with E-state index in [1.807, 2.05) is 31.2 Å². The first-order valence-corrected chi connectivity index (χ1v) is 8.95. The van der Waals surface area contributed by atoms with Gasteiger partial charge in [0.25, 0.3) is 5.89 Å². The van der Waals surface area contributed by atoms with Gasteiger partial charge in [-0.15, -0.1) is 0 Å². The van der Waals surface area contributed by atoms with Crippen LogP contribution in [-0.2, 0) is 27.5 Å². The van der Waals surface area contributed by atoms with Crippen molar-refractivity contribution in [3.05, 3.63) is 59.9 Å². The van der Waals surface area contributed by atoms with Crippen LogP contribution >= 0.6 is 0 Å². The van der Waals surface area contributed by atoms with Crippen LogP contribution in [0.2, 0.25) is 0 Å². The summed E-state index contributed by atoms with van der Waals surface area (Å²) in [5.74, 6) is 0.259. The van der Waals surface area contributed by atoms with Gasteiger partial charge in [0.1, 0.15) is 5.76 Å². The number of carbonyl (C=O) groups excluding carboxylic acids is 2. The van der Waals surface area contributed by atoms with Crippen molar-refractivity contribution >= 4 is 11.9 Å². The number of rotatable bonds is 6. The summed E-state index contributed by atoms with van der Waals surface area (Å²) in [6.07, 6.45) is 1.68. The van der Waals surface area contributed by atoms with Crippen molar-refractivity contribution in [1.82, 2.24) is 15.0 Å². The minimum atomic E-state index is -0.512. The van der Waals surface area contributed by atoms with Crippen molar-refractivity contribution in [2.45, 2.75) is 26.5 Å². The van der Waals surface area contributed by atoms with Gasteiger partial charge < -0.3 is 18.6 Å². The highest BCUT2D eigenvalue weighted by molar-refractivity contribution is 5.86. The van der Waals surface area contributed by atoms with Crippen LogP contribution in [0.25, 0.3) is 11.4 Å². The maximum atomic E-state index is 12.3. The number of amides is 1. The molecule has 0 N–H and O–H groups in total. The molecule has 1 amide bonds. The average molecular weight is 381 g/mol. The molecule has 4 rings (SSSR count). The van der Waals surface area contributed by atoms with Crippen LogP contribution in [0.15, 0.2) is 51.6 Å². The van der Waals surface area contributed by atoms with Crippen molar-refractivity contribution in [3.8, 4) is 11.4 Å². The molecule has 2 aromatic heterocycles. The van der Waals surface area contributed by atoms with E-state index < -0.39 is 11.9 Å². The van der Waals surface area contributed by atoms with E-state index in [2.05, 4.69) is 10.1 Å². The van der Waals surface area contributed by atoms with Gasteiger partial charge in [-0.3, -0.25) is 9.59 Å². The predicted octanol–water partition coefficient (Wildman–Crippen LogP) is 2.73. The van der Waals surface area contributed by atoms with Gasteiger partial charge in [-0.1, -0.05) is 35.0 Å². The van der Waals surface area contributed by atoms with Crippen molar-refractivity contribution in [3.63, 3.8) is 0 Å². The summed E-state index contributed by atoms with van der Waals surface area (Å²) >= 11 is 0. The Morgan fingerprint density at radius 1 is 1.29 bits per heavy atom. The molecule has 1 atom stereocenters. The number of likely N-dealkylation sites (tertiary alicyclic amines) is 1. The summed E-state index contributed by atoms with van der Waals surface area (Å²) in [5, 5.41) is 3.91.